The Morgan fingerprint density at radius 2 is 2.00 bits per heavy atom. The summed E-state index contributed by atoms with van der Waals surface area (Å²) in [6.07, 6.45) is 5.41. The molecule has 1 rings (SSSR count). The molecule has 1 heterocycles. The number of hydrogen-bond acceptors (Lipinski definition) is 1. The quantitative estimate of drug-likeness (QED) is 0.646. The molecule has 17 heavy (non-hydrogen) atoms. The lowest BCUT2D eigenvalue weighted by molar-refractivity contribution is 0.365. The number of aromatic nitrogens is 2. The number of hydrogen-bond donors (Lipinski definition) is 0. The van der Waals surface area contributed by atoms with Crippen LogP contribution in [0.1, 0.15) is 45.3 Å². The SMILES string of the molecule is CCC(C)n1ccc(CC(CC)(CBr)CBr)n1. The largest absolute Gasteiger partial charge is 0.270 e. The molecule has 0 radical (unpaired) electrons. The lowest BCUT2D eigenvalue weighted by Crippen LogP contribution is -2.27. The van der Waals surface area contributed by atoms with Crippen LogP contribution in [0.4, 0.5) is 0 Å². The summed E-state index contributed by atoms with van der Waals surface area (Å²) in [6.45, 7) is 6.65. The van der Waals surface area contributed by atoms with Crippen molar-refractivity contribution in [2.45, 2.75) is 46.1 Å². The van der Waals surface area contributed by atoms with Crippen molar-refractivity contribution in [3.8, 4) is 0 Å². The third-order valence-electron chi connectivity index (χ3n) is 3.58. The Hall–Kier alpha value is 0.170. The van der Waals surface area contributed by atoms with E-state index >= 15 is 0 Å². The van der Waals surface area contributed by atoms with Gasteiger partial charge in [-0.1, -0.05) is 45.7 Å². The van der Waals surface area contributed by atoms with Gasteiger partial charge in [-0.05, 0) is 37.7 Å². The highest BCUT2D eigenvalue weighted by molar-refractivity contribution is 9.09. The fraction of sp³-hybridized carbons (Fsp3) is 0.769. The van der Waals surface area contributed by atoms with E-state index in [0.717, 1.165) is 29.9 Å². The molecule has 0 aliphatic rings. The Kier molecular flexibility index (Phi) is 6.21. The molecular formula is C13H22Br2N2. The summed E-state index contributed by atoms with van der Waals surface area (Å²) in [5.41, 5.74) is 1.49. The lowest BCUT2D eigenvalue weighted by atomic mass is 9.85. The first-order chi connectivity index (χ1) is 8.10. The molecule has 0 N–H and O–H groups in total. The van der Waals surface area contributed by atoms with Crippen molar-refractivity contribution >= 4 is 31.9 Å². The fourth-order valence-electron chi connectivity index (χ4n) is 1.73. The monoisotopic (exact) mass is 364 g/mol. The zero-order valence-electron chi connectivity index (χ0n) is 10.9. The Labute approximate surface area is 121 Å². The number of halogens is 2. The maximum Gasteiger partial charge on any atom is 0.0630 e. The van der Waals surface area contributed by atoms with Gasteiger partial charge in [0.05, 0.1) is 5.69 Å². The molecule has 0 aliphatic heterocycles. The van der Waals surface area contributed by atoms with Gasteiger partial charge in [-0.3, -0.25) is 4.68 Å². The molecule has 1 unspecified atom stereocenters. The first-order valence-corrected chi connectivity index (χ1v) is 8.51. The molecule has 1 atom stereocenters. The summed E-state index contributed by atoms with van der Waals surface area (Å²) >= 11 is 7.27. The van der Waals surface area contributed by atoms with Crippen LogP contribution in [0, 0.1) is 5.41 Å². The van der Waals surface area contributed by atoms with E-state index in [9.17, 15) is 0 Å². The van der Waals surface area contributed by atoms with Crippen LogP contribution in [-0.2, 0) is 6.42 Å². The molecule has 0 amide bonds. The van der Waals surface area contributed by atoms with E-state index in [1.165, 1.54) is 5.69 Å². The number of alkyl halides is 2. The average molecular weight is 366 g/mol. The Balaban J connectivity index is 2.77. The maximum atomic E-state index is 4.68. The summed E-state index contributed by atoms with van der Waals surface area (Å²) in [5.74, 6) is 0. The number of nitrogens with zero attached hydrogens (tertiary/aromatic N) is 2. The van der Waals surface area contributed by atoms with Gasteiger partial charge < -0.3 is 0 Å². The third-order valence-corrected chi connectivity index (χ3v) is 5.96. The second kappa shape index (κ2) is 6.93. The van der Waals surface area contributed by atoms with Crippen LogP contribution in [0.15, 0.2) is 12.3 Å². The molecule has 0 bridgehead atoms. The van der Waals surface area contributed by atoms with Gasteiger partial charge >= 0.3 is 0 Å². The van der Waals surface area contributed by atoms with Crippen LogP contribution in [0.5, 0.6) is 0 Å². The van der Waals surface area contributed by atoms with Gasteiger partial charge in [0, 0.05) is 22.9 Å². The van der Waals surface area contributed by atoms with Crippen molar-refractivity contribution < 1.29 is 0 Å². The summed E-state index contributed by atoms with van der Waals surface area (Å²) in [7, 11) is 0. The van der Waals surface area contributed by atoms with Crippen molar-refractivity contribution in [2.75, 3.05) is 10.7 Å². The van der Waals surface area contributed by atoms with Gasteiger partial charge in [-0.25, -0.2) is 0 Å². The topological polar surface area (TPSA) is 17.8 Å². The summed E-state index contributed by atoms with van der Waals surface area (Å²) in [5, 5.41) is 6.71. The average Bonchev–Trinajstić information content (AvgIpc) is 2.83. The van der Waals surface area contributed by atoms with E-state index < -0.39 is 0 Å². The number of rotatable bonds is 7. The second-order valence-corrected chi connectivity index (χ2v) is 5.96. The first kappa shape index (κ1) is 15.2. The molecule has 0 fully saturated rings. The molecule has 0 spiro atoms. The van der Waals surface area contributed by atoms with E-state index in [4.69, 9.17) is 0 Å². The van der Waals surface area contributed by atoms with Crippen LogP contribution >= 0.6 is 31.9 Å². The van der Waals surface area contributed by atoms with Gasteiger partial charge in [0.15, 0.2) is 0 Å². The smallest absolute Gasteiger partial charge is 0.0630 e. The van der Waals surface area contributed by atoms with E-state index in [2.05, 4.69) is 74.7 Å². The van der Waals surface area contributed by atoms with E-state index in [0.29, 0.717) is 6.04 Å². The highest BCUT2D eigenvalue weighted by Gasteiger charge is 2.27. The molecule has 4 heteroatoms. The molecule has 1 aromatic rings. The third kappa shape index (κ3) is 3.82. The molecule has 0 saturated heterocycles. The lowest BCUT2D eigenvalue weighted by Gasteiger charge is -2.27. The molecule has 2 nitrogen and oxygen atoms in total. The van der Waals surface area contributed by atoms with Crippen LogP contribution < -0.4 is 0 Å². The van der Waals surface area contributed by atoms with Crippen LogP contribution in [0.25, 0.3) is 0 Å². The molecule has 98 valence electrons. The van der Waals surface area contributed by atoms with Crippen molar-refractivity contribution in [1.82, 2.24) is 9.78 Å². The van der Waals surface area contributed by atoms with Gasteiger partial charge in [0.1, 0.15) is 0 Å². The summed E-state index contributed by atoms with van der Waals surface area (Å²) in [4.78, 5) is 0. The van der Waals surface area contributed by atoms with E-state index in [1.807, 2.05) is 0 Å². The maximum absolute atomic E-state index is 4.68. The Morgan fingerprint density at radius 1 is 1.35 bits per heavy atom. The van der Waals surface area contributed by atoms with Crippen LogP contribution in [0.2, 0.25) is 0 Å². The Morgan fingerprint density at radius 3 is 2.47 bits per heavy atom. The highest BCUT2D eigenvalue weighted by Crippen LogP contribution is 2.31. The van der Waals surface area contributed by atoms with E-state index in [-0.39, 0.29) is 5.41 Å². The van der Waals surface area contributed by atoms with Gasteiger partial charge in [-0.15, -0.1) is 0 Å². The van der Waals surface area contributed by atoms with Crippen LogP contribution in [0.3, 0.4) is 0 Å². The highest BCUT2D eigenvalue weighted by atomic mass is 79.9. The fourth-order valence-corrected chi connectivity index (χ4v) is 3.85. The molecule has 0 aliphatic carbocycles. The minimum atomic E-state index is 0.286. The normalized spacial score (nSPS) is 13.9. The zero-order chi connectivity index (χ0) is 12.9. The first-order valence-electron chi connectivity index (χ1n) is 6.26. The van der Waals surface area contributed by atoms with Gasteiger partial charge in [0.2, 0.25) is 0 Å². The van der Waals surface area contributed by atoms with Crippen molar-refractivity contribution in [3.05, 3.63) is 18.0 Å². The molecular weight excluding hydrogens is 344 g/mol. The van der Waals surface area contributed by atoms with Gasteiger partial charge in [0.25, 0.3) is 0 Å². The minimum Gasteiger partial charge on any atom is -0.270 e. The standard InChI is InChI=1S/C13H22Br2N2/c1-4-11(3)17-7-6-12(16-17)8-13(5-2,9-14)10-15/h6-7,11H,4-5,8-10H2,1-3H3. The minimum absolute atomic E-state index is 0.286. The van der Waals surface area contributed by atoms with Crippen molar-refractivity contribution in [3.63, 3.8) is 0 Å². The predicted molar refractivity (Wildman–Crippen MR) is 81.2 cm³/mol. The van der Waals surface area contributed by atoms with Gasteiger partial charge in [-0.2, -0.15) is 5.10 Å². The predicted octanol–water partition coefficient (Wildman–Crippen LogP) is 4.58. The zero-order valence-corrected chi connectivity index (χ0v) is 14.1. The van der Waals surface area contributed by atoms with Crippen LogP contribution in [-0.4, -0.2) is 20.4 Å². The summed E-state index contributed by atoms with van der Waals surface area (Å²) in [6, 6.07) is 2.65. The summed E-state index contributed by atoms with van der Waals surface area (Å²) < 4.78 is 2.08. The molecule has 0 saturated carbocycles. The van der Waals surface area contributed by atoms with Crippen molar-refractivity contribution in [1.29, 1.82) is 0 Å². The molecule has 1 aromatic heterocycles. The Bertz CT molecular complexity index is 324. The molecule has 0 aromatic carbocycles. The van der Waals surface area contributed by atoms with Crippen molar-refractivity contribution in [2.24, 2.45) is 5.41 Å². The van der Waals surface area contributed by atoms with E-state index in [1.54, 1.807) is 0 Å². The second-order valence-electron chi connectivity index (χ2n) is 4.84.